The molecule has 0 unspecified atom stereocenters. The summed E-state index contributed by atoms with van der Waals surface area (Å²) in [5, 5.41) is 5.91. The van der Waals surface area contributed by atoms with Gasteiger partial charge in [-0.15, -0.1) is 0 Å². The van der Waals surface area contributed by atoms with Crippen LogP contribution < -0.4 is 10.6 Å². The fourth-order valence-electron chi connectivity index (χ4n) is 2.86. The monoisotopic (exact) mass is 305 g/mol. The fourth-order valence-corrected chi connectivity index (χ4v) is 2.86. The molecule has 5 nitrogen and oxygen atoms in total. The highest BCUT2D eigenvalue weighted by atomic mass is 19.1. The molecule has 6 heteroatoms. The molecule has 0 aliphatic carbocycles. The molecule has 2 fully saturated rings. The predicted molar refractivity (Wildman–Crippen MR) is 80.7 cm³/mol. The lowest BCUT2D eigenvalue weighted by atomic mass is 9.93. The van der Waals surface area contributed by atoms with Crippen molar-refractivity contribution in [2.45, 2.75) is 12.8 Å². The SMILES string of the molecule is O=C(Nc1ccc(F)cc1)C1CCN(C(=O)C2CNC2)CC1. The third kappa shape index (κ3) is 3.27. The topological polar surface area (TPSA) is 61.4 Å². The maximum atomic E-state index is 12.8. The standard InChI is InChI=1S/C16H20FN3O2/c17-13-1-3-14(4-2-13)19-15(21)11-5-7-20(8-6-11)16(22)12-9-18-10-12/h1-4,11-12,18H,5-10H2,(H,19,21). The summed E-state index contributed by atoms with van der Waals surface area (Å²) in [6.45, 7) is 2.81. The second kappa shape index (κ2) is 6.44. The number of rotatable bonds is 3. The van der Waals surface area contributed by atoms with Crippen LogP contribution in [0.3, 0.4) is 0 Å². The molecule has 2 heterocycles. The van der Waals surface area contributed by atoms with Crippen molar-refractivity contribution in [1.82, 2.24) is 10.2 Å². The van der Waals surface area contributed by atoms with Gasteiger partial charge in [0.05, 0.1) is 5.92 Å². The van der Waals surface area contributed by atoms with Crippen LogP contribution in [0.2, 0.25) is 0 Å². The molecule has 2 saturated heterocycles. The van der Waals surface area contributed by atoms with Crippen molar-refractivity contribution in [3.8, 4) is 0 Å². The van der Waals surface area contributed by atoms with Crippen molar-refractivity contribution in [1.29, 1.82) is 0 Å². The van der Waals surface area contributed by atoms with Gasteiger partial charge in [-0.2, -0.15) is 0 Å². The maximum Gasteiger partial charge on any atom is 0.228 e. The summed E-state index contributed by atoms with van der Waals surface area (Å²) in [7, 11) is 0. The molecule has 1 aromatic carbocycles. The lowest BCUT2D eigenvalue weighted by Gasteiger charge is -2.36. The molecule has 3 rings (SSSR count). The fraction of sp³-hybridized carbons (Fsp3) is 0.500. The molecule has 0 saturated carbocycles. The van der Waals surface area contributed by atoms with Gasteiger partial charge in [-0.25, -0.2) is 4.39 Å². The lowest BCUT2D eigenvalue weighted by Crippen LogP contribution is -2.53. The highest BCUT2D eigenvalue weighted by Crippen LogP contribution is 2.21. The van der Waals surface area contributed by atoms with E-state index in [1.54, 1.807) is 12.1 Å². The number of carbonyl (C=O) groups is 2. The van der Waals surface area contributed by atoms with Crippen molar-refractivity contribution in [2.75, 3.05) is 31.5 Å². The Labute approximate surface area is 128 Å². The van der Waals surface area contributed by atoms with E-state index in [0.717, 1.165) is 13.1 Å². The summed E-state index contributed by atoms with van der Waals surface area (Å²) in [6, 6.07) is 5.75. The molecule has 2 N–H and O–H groups in total. The molecule has 2 aliphatic rings. The van der Waals surface area contributed by atoms with E-state index in [-0.39, 0.29) is 29.5 Å². The smallest absolute Gasteiger partial charge is 0.228 e. The Morgan fingerprint density at radius 1 is 1.09 bits per heavy atom. The zero-order valence-electron chi connectivity index (χ0n) is 12.3. The number of likely N-dealkylation sites (tertiary alicyclic amines) is 1. The van der Waals surface area contributed by atoms with E-state index < -0.39 is 0 Å². The molecule has 1 aromatic rings. The maximum absolute atomic E-state index is 12.8. The molecule has 22 heavy (non-hydrogen) atoms. The second-order valence-corrected chi connectivity index (χ2v) is 5.95. The van der Waals surface area contributed by atoms with Crippen LogP contribution in [0.4, 0.5) is 10.1 Å². The first-order valence-corrected chi connectivity index (χ1v) is 7.69. The minimum Gasteiger partial charge on any atom is -0.342 e. The van der Waals surface area contributed by atoms with Crippen LogP contribution in [0.5, 0.6) is 0 Å². The first kappa shape index (κ1) is 15.0. The number of halogens is 1. The van der Waals surface area contributed by atoms with E-state index in [1.807, 2.05) is 4.90 Å². The number of anilines is 1. The Kier molecular flexibility index (Phi) is 4.38. The number of hydrogen-bond donors (Lipinski definition) is 2. The first-order chi connectivity index (χ1) is 10.6. The summed E-state index contributed by atoms with van der Waals surface area (Å²) in [6.07, 6.45) is 1.36. The molecule has 0 radical (unpaired) electrons. The van der Waals surface area contributed by atoms with Crippen molar-refractivity contribution in [3.05, 3.63) is 30.1 Å². The Hall–Kier alpha value is -1.95. The summed E-state index contributed by atoms with van der Waals surface area (Å²) in [5.74, 6) is -0.145. The van der Waals surface area contributed by atoms with E-state index in [2.05, 4.69) is 10.6 Å². The Balaban J connectivity index is 1.49. The predicted octanol–water partition coefficient (Wildman–Crippen LogP) is 1.22. The molecular formula is C16H20FN3O2. The van der Waals surface area contributed by atoms with Crippen molar-refractivity contribution in [3.63, 3.8) is 0 Å². The summed E-state index contributed by atoms with van der Waals surface area (Å²) >= 11 is 0. The van der Waals surface area contributed by atoms with E-state index >= 15 is 0 Å². The van der Waals surface area contributed by atoms with Gasteiger partial charge in [-0.3, -0.25) is 9.59 Å². The molecule has 2 aliphatic heterocycles. The number of amides is 2. The summed E-state index contributed by atoms with van der Waals surface area (Å²) in [4.78, 5) is 26.2. The molecule has 0 aromatic heterocycles. The van der Waals surface area contributed by atoms with E-state index in [0.29, 0.717) is 31.6 Å². The molecule has 118 valence electrons. The average Bonchev–Trinajstić information content (AvgIpc) is 2.48. The van der Waals surface area contributed by atoms with Crippen molar-refractivity contribution >= 4 is 17.5 Å². The summed E-state index contributed by atoms with van der Waals surface area (Å²) in [5.41, 5.74) is 0.602. The van der Waals surface area contributed by atoms with Crippen LogP contribution in [0.15, 0.2) is 24.3 Å². The van der Waals surface area contributed by atoms with Gasteiger partial charge in [-0.05, 0) is 37.1 Å². The van der Waals surface area contributed by atoms with Crippen LogP contribution in [0.1, 0.15) is 12.8 Å². The van der Waals surface area contributed by atoms with Crippen molar-refractivity contribution in [2.24, 2.45) is 11.8 Å². The highest BCUT2D eigenvalue weighted by Gasteiger charge is 2.33. The molecule has 0 bridgehead atoms. The highest BCUT2D eigenvalue weighted by molar-refractivity contribution is 5.92. The Bertz CT molecular complexity index is 549. The van der Waals surface area contributed by atoms with Gasteiger partial charge in [0.2, 0.25) is 11.8 Å². The number of nitrogens with one attached hydrogen (secondary N) is 2. The van der Waals surface area contributed by atoms with E-state index in [1.165, 1.54) is 12.1 Å². The van der Waals surface area contributed by atoms with E-state index in [9.17, 15) is 14.0 Å². The molecule has 0 atom stereocenters. The van der Waals surface area contributed by atoms with Crippen LogP contribution in [0, 0.1) is 17.7 Å². The number of carbonyl (C=O) groups excluding carboxylic acids is 2. The van der Waals surface area contributed by atoms with Gasteiger partial charge < -0.3 is 15.5 Å². The van der Waals surface area contributed by atoms with Crippen LogP contribution in [0.25, 0.3) is 0 Å². The van der Waals surface area contributed by atoms with Gasteiger partial charge in [-0.1, -0.05) is 0 Å². The molecular weight excluding hydrogens is 285 g/mol. The van der Waals surface area contributed by atoms with Gasteiger partial charge in [0.1, 0.15) is 5.82 Å². The van der Waals surface area contributed by atoms with Crippen LogP contribution in [-0.4, -0.2) is 42.9 Å². The largest absolute Gasteiger partial charge is 0.342 e. The number of nitrogens with zero attached hydrogens (tertiary/aromatic N) is 1. The Morgan fingerprint density at radius 3 is 2.27 bits per heavy atom. The summed E-state index contributed by atoms with van der Waals surface area (Å²) < 4.78 is 12.8. The average molecular weight is 305 g/mol. The Morgan fingerprint density at radius 2 is 1.73 bits per heavy atom. The van der Waals surface area contributed by atoms with Gasteiger partial charge in [0.25, 0.3) is 0 Å². The quantitative estimate of drug-likeness (QED) is 0.883. The lowest BCUT2D eigenvalue weighted by molar-refractivity contribution is -0.139. The normalized spacial score (nSPS) is 19.6. The minimum absolute atomic E-state index is 0.0518. The third-order valence-corrected chi connectivity index (χ3v) is 4.42. The number of hydrogen-bond acceptors (Lipinski definition) is 3. The minimum atomic E-state index is -0.324. The van der Waals surface area contributed by atoms with Gasteiger partial charge in [0.15, 0.2) is 0 Å². The molecule has 2 amide bonds. The van der Waals surface area contributed by atoms with Crippen molar-refractivity contribution < 1.29 is 14.0 Å². The van der Waals surface area contributed by atoms with Gasteiger partial charge >= 0.3 is 0 Å². The number of benzene rings is 1. The van der Waals surface area contributed by atoms with Crippen LogP contribution >= 0.6 is 0 Å². The second-order valence-electron chi connectivity index (χ2n) is 5.95. The van der Waals surface area contributed by atoms with Gasteiger partial charge in [0, 0.05) is 37.8 Å². The zero-order chi connectivity index (χ0) is 15.5. The van der Waals surface area contributed by atoms with Crippen LogP contribution in [-0.2, 0) is 9.59 Å². The zero-order valence-corrected chi connectivity index (χ0v) is 12.3. The number of piperidine rings is 1. The molecule has 0 spiro atoms. The van der Waals surface area contributed by atoms with E-state index in [4.69, 9.17) is 0 Å². The first-order valence-electron chi connectivity index (χ1n) is 7.69. The third-order valence-electron chi connectivity index (χ3n) is 4.42.